The summed E-state index contributed by atoms with van der Waals surface area (Å²) in [5.41, 5.74) is 1.29. The van der Waals surface area contributed by atoms with E-state index < -0.39 is 11.6 Å². The average molecular weight is 426 g/mol. The van der Waals surface area contributed by atoms with Gasteiger partial charge in [0, 0.05) is 43.9 Å². The van der Waals surface area contributed by atoms with Crippen molar-refractivity contribution in [2.24, 2.45) is 0 Å². The van der Waals surface area contributed by atoms with Gasteiger partial charge in [0.1, 0.15) is 11.3 Å². The molecule has 0 N–H and O–H groups in total. The monoisotopic (exact) mass is 426 g/mol. The van der Waals surface area contributed by atoms with Crippen LogP contribution in [0.1, 0.15) is 10.5 Å². The number of aromatic nitrogens is 2. The number of hydrogen-bond acceptors (Lipinski definition) is 6. The molecule has 1 fully saturated rings. The van der Waals surface area contributed by atoms with Gasteiger partial charge in [-0.15, -0.1) is 0 Å². The zero-order chi connectivity index (χ0) is 20.7. The van der Waals surface area contributed by atoms with E-state index in [4.69, 9.17) is 4.52 Å². The molecule has 0 bridgehead atoms. The van der Waals surface area contributed by atoms with E-state index in [1.54, 1.807) is 11.0 Å². The number of carbonyl (C=O) groups is 1. The van der Waals surface area contributed by atoms with E-state index in [1.165, 1.54) is 17.4 Å². The molecule has 0 atom stereocenters. The highest BCUT2D eigenvalue weighted by atomic mass is 32.1. The Morgan fingerprint density at radius 1 is 1.03 bits per heavy atom. The molecule has 4 aromatic rings. The molecule has 1 aliphatic heterocycles. The number of anilines is 1. The largest absolute Gasteiger partial charge is 0.355 e. The van der Waals surface area contributed by atoms with E-state index in [-0.39, 0.29) is 17.1 Å². The Hall–Kier alpha value is -3.33. The number of benzene rings is 2. The topological polar surface area (TPSA) is 62.5 Å². The Labute approximate surface area is 174 Å². The molecular weight excluding hydrogens is 410 g/mol. The lowest BCUT2D eigenvalue weighted by Crippen LogP contribution is -2.48. The number of thiazole rings is 1. The SMILES string of the molecule is O=C(c1cc(-c2ccccc2)on1)N1CCN(c2nc3c(F)cc(F)cc3s2)CC1. The smallest absolute Gasteiger partial charge is 0.276 e. The van der Waals surface area contributed by atoms with E-state index >= 15 is 0 Å². The Bertz CT molecular complexity index is 1220. The first kappa shape index (κ1) is 18.7. The highest BCUT2D eigenvalue weighted by Crippen LogP contribution is 2.31. The molecule has 9 heteroatoms. The summed E-state index contributed by atoms with van der Waals surface area (Å²) in [6.07, 6.45) is 0. The van der Waals surface area contributed by atoms with Crippen LogP contribution in [0.4, 0.5) is 13.9 Å². The van der Waals surface area contributed by atoms with Crippen molar-refractivity contribution in [2.45, 2.75) is 0 Å². The molecule has 152 valence electrons. The van der Waals surface area contributed by atoms with Gasteiger partial charge < -0.3 is 14.3 Å². The van der Waals surface area contributed by atoms with Gasteiger partial charge in [0.15, 0.2) is 22.4 Å². The minimum Gasteiger partial charge on any atom is -0.355 e. The van der Waals surface area contributed by atoms with E-state index in [1.807, 2.05) is 35.2 Å². The fourth-order valence-corrected chi connectivity index (χ4v) is 4.51. The summed E-state index contributed by atoms with van der Waals surface area (Å²) >= 11 is 1.24. The Morgan fingerprint density at radius 2 is 1.80 bits per heavy atom. The number of carbonyl (C=O) groups excluding carboxylic acids is 1. The Morgan fingerprint density at radius 3 is 2.57 bits per heavy atom. The molecule has 6 nitrogen and oxygen atoms in total. The second-order valence-electron chi connectivity index (χ2n) is 6.95. The zero-order valence-corrected chi connectivity index (χ0v) is 16.5. The predicted molar refractivity (Wildman–Crippen MR) is 110 cm³/mol. The van der Waals surface area contributed by atoms with Crippen molar-refractivity contribution in [1.29, 1.82) is 0 Å². The Kier molecular flexibility index (Phi) is 4.66. The third kappa shape index (κ3) is 3.41. The molecule has 2 aromatic carbocycles. The van der Waals surface area contributed by atoms with Gasteiger partial charge in [0.25, 0.3) is 5.91 Å². The molecule has 1 saturated heterocycles. The van der Waals surface area contributed by atoms with Gasteiger partial charge in [-0.2, -0.15) is 0 Å². The molecule has 0 spiro atoms. The van der Waals surface area contributed by atoms with Crippen LogP contribution in [0.15, 0.2) is 53.1 Å². The maximum atomic E-state index is 13.9. The van der Waals surface area contributed by atoms with Crippen LogP contribution in [0.3, 0.4) is 0 Å². The highest BCUT2D eigenvalue weighted by Gasteiger charge is 2.26. The van der Waals surface area contributed by atoms with Gasteiger partial charge in [-0.25, -0.2) is 13.8 Å². The van der Waals surface area contributed by atoms with Crippen LogP contribution < -0.4 is 4.90 Å². The second-order valence-corrected chi connectivity index (χ2v) is 7.96. The summed E-state index contributed by atoms with van der Waals surface area (Å²) < 4.78 is 33.1. The van der Waals surface area contributed by atoms with E-state index in [0.717, 1.165) is 11.6 Å². The lowest BCUT2D eigenvalue weighted by Gasteiger charge is -2.34. The van der Waals surface area contributed by atoms with Crippen LogP contribution in [0, 0.1) is 11.6 Å². The first-order chi connectivity index (χ1) is 14.6. The van der Waals surface area contributed by atoms with Crippen molar-refractivity contribution < 1.29 is 18.1 Å². The number of amides is 1. The number of nitrogens with zero attached hydrogens (tertiary/aromatic N) is 4. The molecule has 2 aromatic heterocycles. The second kappa shape index (κ2) is 7.49. The summed E-state index contributed by atoms with van der Waals surface area (Å²) in [4.78, 5) is 20.8. The normalized spacial score (nSPS) is 14.5. The van der Waals surface area contributed by atoms with Crippen molar-refractivity contribution >= 4 is 32.6 Å². The van der Waals surface area contributed by atoms with Crippen molar-refractivity contribution in [1.82, 2.24) is 15.0 Å². The fraction of sp³-hybridized carbons (Fsp3) is 0.190. The first-order valence-corrected chi connectivity index (χ1v) is 10.2. The van der Waals surface area contributed by atoms with Crippen LogP contribution in [0.5, 0.6) is 0 Å². The summed E-state index contributed by atoms with van der Waals surface area (Å²) in [6, 6.07) is 13.2. The quantitative estimate of drug-likeness (QED) is 0.492. The maximum Gasteiger partial charge on any atom is 0.276 e. The lowest BCUT2D eigenvalue weighted by atomic mass is 10.1. The van der Waals surface area contributed by atoms with E-state index in [2.05, 4.69) is 10.1 Å². The van der Waals surface area contributed by atoms with Gasteiger partial charge in [0.05, 0.1) is 4.70 Å². The van der Waals surface area contributed by atoms with Crippen molar-refractivity contribution in [3.8, 4) is 11.3 Å². The molecule has 0 radical (unpaired) electrons. The van der Waals surface area contributed by atoms with Gasteiger partial charge in [-0.1, -0.05) is 46.8 Å². The molecule has 0 unspecified atom stereocenters. The first-order valence-electron chi connectivity index (χ1n) is 9.40. The molecular formula is C21H16F2N4O2S. The predicted octanol–water partition coefficient (Wildman–Crippen LogP) is 4.19. The highest BCUT2D eigenvalue weighted by molar-refractivity contribution is 7.22. The minimum absolute atomic E-state index is 0.172. The standard InChI is InChI=1S/C21H16F2N4O2S/c22-14-10-15(23)19-18(11-14)30-21(24-19)27-8-6-26(7-9-27)20(28)16-12-17(29-25-16)13-4-2-1-3-5-13/h1-5,10-12H,6-9H2. The van der Waals surface area contributed by atoms with Gasteiger partial charge >= 0.3 is 0 Å². The molecule has 0 aliphatic carbocycles. The number of rotatable bonds is 3. The maximum absolute atomic E-state index is 13.9. The van der Waals surface area contributed by atoms with Crippen molar-refractivity contribution in [2.75, 3.05) is 31.1 Å². The number of hydrogen-bond donors (Lipinski definition) is 0. The average Bonchev–Trinajstić information content (AvgIpc) is 3.42. The lowest BCUT2D eigenvalue weighted by molar-refractivity contribution is 0.0736. The third-order valence-electron chi connectivity index (χ3n) is 5.03. The summed E-state index contributed by atoms with van der Waals surface area (Å²) in [6.45, 7) is 2.02. The zero-order valence-electron chi connectivity index (χ0n) is 15.7. The molecule has 0 saturated carbocycles. The number of halogens is 2. The summed E-state index contributed by atoms with van der Waals surface area (Å²) in [5, 5.41) is 4.54. The molecule has 3 heterocycles. The van der Waals surface area contributed by atoms with Crippen molar-refractivity contribution in [3.05, 3.63) is 65.9 Å². The summed E-state index contributed by atoms with van der Waals surface area (Å²) in [5.74, 6) is -0.936. The van der Waals surface area contributed by atoms with Crippen LogP contribution in [0.2, 0.25) is 0 Å². The third-order valence-corrected chi connectivity index (χ3v) is 6.09. The van der Waals surface area contributed by atoms with Crippen molar-refractivity contribution in [3.63, 3.8) is 0 Å². The molecule has 1 aliphatic rings. The fourth-order valence-electron chi connectivity index (χ4n) is 3.46. The molecule has 1 amide bonds. The van der Waals surface area contributed by atoms with Crippen LogP contribution >= 0.6 is 11.3 Å². The molecule has 5 rings (SSSR count). The van der Waals surface area contributed by atoms with Crippen LogP contribution in [-0.4, -0.2) is 47.1 Å². The van der Waals surface area contributed by atoms with E-state index in [9.17, 15) is 13.6 Å². The van der Waals surface area contributed by atoms with Gasteiger partial charge in [0.2, 0.25) is 0 Å². The van der Waals surface area contributed by atoms with Crippen LogP contribution in [0.25, 0.3) is 21.5 Å². The molecule has 30 heavy (non-hydrogen) atoms. The Balaban J connectivity index is 1.27. The van der Waals surface area contributed by atoms with E-state index in [0.29, 0.717) is 41.8 Å². The van der Waals surface area contributed by atoms with Gasteiger partial charge in [-0.05, 0) is 6.07 Å². The van der Waals surface area contributed by atoms with Crippen LogP contribution in [-0.2, 0) is 0 Å². The van der Waals surface area contributed by atoms with Gasteiger partial charge in [-0.3, -0.25) is 4.79 Å². The number of fused-ring (bicyclic) bond motifs is 1. The number of piperazine rings is 1. The minimum atomic E-state index is -0.665. The summed E-state index contributed by atoms with van der Waals surface area (Å²) in [7, 11) is 0.